The summed E-state index contributed by atoms with van der Waals surface area (Å²) in [6, 6.07) is 16.1. The van der Waals surface area contributed by atoms with Crippen LogP contribution in [0.5, 0.6) is 0 Å². The number of aromatic amines is 1. The highest BCUT2D eigenvalue weighted by atomic mass is 16.2. The lowest BCUT2D eigenvalue weighted by atomic mass is 9.95. The standard InChI is InChI=1S/C24H25N7O/c1-5-6-15-31-23(32)30(22(27-31)24(2,3)4)16-17-11-13-18(14-12-17)19-9-7-8-10-20(19)21-25-28-29-26-21/h1,7-14H,6,15-16H2,2-4H3,(H,25,26,28,29). The maximum Gasteiger partial charge on any atom is 0.346 e. The van der Waals surface area contributed by atoms with E-state index in [9.17, 15) is 4.79 Å². The number of aromatic nitrogens is 7. The van der Waals surface area contributed by atoms with Gasteiger partial charge in [0.15, 0.2) is 0 Å². The molecule has 0 aliphatic rings. The molecule has 8 nitrogen and oxygen atoms in total. The molecule has 4 rings (SSSR count). The smallest absolute Gasteiger partial charge is 0.274 e. The topological polar surface area (TPSA) is 94.3 Å². The fourth-order valence-corrected chi connectivity index (χ4v) is 3.63. The van der Waals surface area contributed by atoms with Crippen LogP contribution in [-0.4, -0.2) is 35.0 Å². The van der Waals surface area contributed by atoms with Crippen LogP contribution < -0.4 is 5.69 Å². The first kappa shape index (κ1) is 21.2. The highest BCUT2D eigenvalue weighted by Gasteiger charge is 2.24. The number of nitrogens with zero attached hydrogens (tertiary/aromatic N) is 6. The maximum absolute atomic E-state index is 13.0. The lowest BCUT2D eigenvalue weighted by Crippen LogP contribution is -2.28. The van der Waals surface area contributed by atoms with Crippen molar-refractivity contribution < 1.29 is 0 Å². The number of tetrazole rings is 1. The van der Waals surface area contributed by atoms with E-state index in [2.05, 4.69) is 52.4 Å². The third kappa shape index (κ3) is 4.23. The third-order valence-corrected chi connectivity index (χ3v) is 5.18. The van der Waals surface area contributed by atoms with Crippen molar-refractivity contribution in [2.24, 2.45) is 0 Å². The number of rotatable bonds is 6. The first-order valence-electron chi connectivity index (χ1n) is 10.4. The molecule has 32 heavy (non-hydrogen) atoms. The Labute approximate surface area is 186 Å². The minimum Gasteiger partial charge on any atom is -0.274 e. The summed E-state index contributed by atoms with van der Waals surface area (Å²) in [6.45, 7) is 7.00. The summed E-state index contributed by atoms with van der Waals surface area (Å²) in [7, 11) is 0. The fourth-order valence-electron chi connectivity index (χ4n) is 3.63. The predicted molar refractivity (Wildman–Crippen MR) is 123 cm³/mol. The number of aryl methyl sites for hydroxylation is 1. The van der Waals surface area contributed by atoms with Gasteiger partial charge in [0.1, 0.15) is 5.82 Å². The Balaban J connectivity index is 1.66. The van der Waals surface area contributed by atoms with Gasteiger partial charge < -0.3 is 0 Å². The summed E-state index contributed by atoms with van der Waals surface area (Å²) in [5, 5.41) is 18.9. The second-order valence-corrected chi connectivity index (χ2v) is 8.60. The fraction of sp³-hybridized carbons (Fsp3) is 0.292. The molecule has 8 heteroatoms. The Morgan fingerprint density at radius 1 is 1.06 bits per heavy atom. The Hall–Kier alpha value is -3.99. The van der Waals surface area contributed by atoms with Gasteiger partial charge in [-0.15, -0.1) is 22.5 Å². The number of terminal acetylenes is 1. The normalized spacial score (nSPS) is 11.4. The van der Waals surface area contributed by atoms with E-state index in [1.165, 1.54) is 4.68 Å². The highest BCUT2D eigenvalue weighted by Crippen LogP contribution is 2.30. The number of benzene rings is 2. The van der Waals surface area contributed by atoms with Crippen molar-refractivity contribution >= 4 is 0 Å². The van der Waals surface area contributed by atoms with E-state index in [-0.39, 0.29) is 11.1 Å². The molecule has 0 spiro atoms. The molecular weight excluding hydrogens is 402 g/mol. The molecule has 0 amide bonds. The molecule has 2 aromatic heterocycles. The molecule has 0 atom stereocenters. The summed E-state index contributed by atoms with van der Waals surface area (Å²) in [4.78, 5) is 13.0. The minimum atomic E-state index is -0.274. The van der Waals surface area contributed by atoms with Crippen molar-refractivity contribution in [2.75, 3.05) is 0 Å². The molecule has 0 unspecified atom stereocenters. The van der Waals surface area contributed by atoms with Crippen molar-refractivity contribution in [1.82, 2.24) is 35.0 Å². The Kier molecular flexibility index (Phi) is 5.73. The molecule has 2 aromatic carbocycles. The van der Waals surface area contributed by atoms with Crippen LogP contribution >= 0.6 is 0 Å². The molecule has 1 N–H and O–H groups in total. The van der Waals surface area contributed by atoms with Crippen LogP contribution in [0.15, 0.2) is 53.3 Å². The molecule has 0 saturated carbocycles. The first-order chi connectivity index (χ1) is 15.4. The van der Waals surface area contributed by atoms with Crippen molar-refractivity contribution in [1.29, 1.82) is 0 Å². The molecule has 2 heterocycles. The number of H-pyrrole nitrogens is 1. The van der Waals surface area contributed by atoms with Crippen molar-refractivity contribution in [3.63, 3.8) is 0 Å². The minimum absolute atomic E-state index is 0.142. The zero-order valence-electron chi connectivity index (χ0n) is 18.4. The largest absolute Gasteiger partial charge is 0.346 e. The van der Waals surface area contributed by atoms with Gasteiger partial charge in [-0.05, 0) is 21.9 Å². The summed E-state index contributed by atoms with van der Waals surface area (Å²) < 4.78 is 3.20. The average Bonchev–Trinajstić information content (AvgIpc) is 3.42. The van der Waals surface area contributed by atoms with E-state index in [0.717, 1.165) is 28.1 Å². The van der Waals surface area contributed by atoms with E-state index >= 15 is 0 Å². The van der Waals surface area contributed by atoms with E-state index in [1.54, 1.807) is 4.57 Å². The summed E-state index contributed by atoms with van der Waals surface area (Å²) in [6.07, 6.45) is 5.84. The number of hydrogen-bond donors (Lipinski definition) is 1. The zero-order chi connectivity index (χ0) is 22.7. The van der Waals surface area contributed by atoms with Gasteiger partial charge in [-0.1, -0.05) is 69.3 Å². The monoisotopic (exact) mass is 427 g/mol. The second-order valence-electron chi connectivity index (χ2n) is 8.60. The predicted octanol–water partition coefficient (Wildman–Crippen LogP) is 3.26. The van der Waals surface area contributed by atoms with Crippen LogP contribution in [0.3, 0.4) is 0 Å². The molecule has 162 valence electrons. The van der Waals surface area contributed by atoms with E-state index in [4.69, 9.17) is 6.42 Å². The molecule has 0 aliphatic carbocycles. The third-order valence-electron chi connectivity index (χ3n) is 5.18. The average molecular weight is 428 g/mol. The Morgan fingerprint density at radius 2 is 1.78 bits per heavy atom. The lowest BCUT2D eigenvalue weighted by Gasteiger charge is -2.18. The summed E-state index contributed by atoms with van der Waals surface area (Å²) in [5.41, 5.74) is 3.53. The van der Waals surface area contributed by atoms with Crippen LogP contribution in [0.25, 0.3) is 22.5 Å². The van der Waals surface area contributed by atoms with Gasteiger partial charge in [0.05, 0.1) is 13.1 Å². The molecule has 0 aliphatic heterocycles. The molecule has 4 aromatic rings. The molecule has 0 fully saturated rings. The van der Waals surface area contributed by atoms with Gasteiger partial charge in [0.25, 0.3) is 0 Å². The van der Waals surface area contributed by atoms with E-state index in [0.29, 0.717) is 25.3 Å². The lowest BCUT2D eigenvalue weighted by molar-refractivity contribution is 0.501. The van der Waals surface area contributed by atoms with Gasteiger partial charge in [0.2, 0.25) is 5.82 Å². The van der Waals surface area contributed by atoms with Gasteiger partial charge in [-0.2, -0.15) is 10.3 Å². The van der Waals surface area contributed by atoms with Crippen molar-refractivity contribution in [2.45, 2.75) is 45.7 Å². The van der Waals surface area contributed by atoms with Crippen LogP contribution in [0.1, 0.15) is 38.6 Å². The second kappa shape index (κ2) is 8.63. The molecular formula is C24H25N7O. The number of nitrogens with one attached hydrogen (secondary N) is 1. The Bertz CT molecular complexity index is 1300. The van der Waals surface area contributed by atoms with Gasteiger partial charge >= 0.3 is 5.69 Å². The zero-order valence-corrected chi connectivity index (χ0v) is 18.4. The quantitative estimate of drug-likeness (QED) is 0.477. The van der Waals surface area contributed by atoms with Crippen LogP contribution in [-0.2, 0) is 18.5 Å². The molecule has 0 saturated heterocycles. The molecule has 0 radical (unpaired) electrons. The van der Waals surface area contributed by atoms with Crippen molar-refractivity contribution in [3.8, 4) is 34.9 Å². The maximum atomic E-state index is 13.0. The van der Waals surface area contributed by atoms with Gasteiger partial charge in [-0.3, -0.25) is 4.57 Å². The van der Waals surface area contributed by atoms with Crippen LogP contribution in [0.2, 0.25) is 0 Å². The highest BCUT2D eigenvalue weighted by molar-refractivity contribution is 5.80. The van der Waals surface area contributed by atoms with Gasteiger partial charge in [0, 0.05) is 17.4 Å². The number of hydrogen-bond acceptors (Lipinski definition) is 5. The van der Waals surface area contributed by atoms with Gasteiger partial charge in [-0.25, -0.2) is 9.48 Å². The van der Waals surface area contributed by atoms with E-state index in [1.807, 2.05) is 48.5 Å². The van der Waals surface area contributed by atoms with Crippen LogP contribution in [0, 0.1) is 12.3 Å². The van der Waals surface area contributed by atoms with Crippen molar-refractivity contribution in [3.05, 3.63) is 70.4 Å². The SMILES string of the molecule is C#CCCn1nc(C(C)(C)C)n(Cc2ccc(-c3ccccc3-c3nn[nH]n3)cc2)c1=O. The summed E-state index contributed by atoms with van der Waals surface area (Å²) >= 11 is 0. The van der Waals surface area contributed by atoms with Crippen LogP contribution in [0.4, 0.5) is 0 Å². The first-order valence-corrected chi connectivity index (χ1v) is 10.4. The summed E-state index contributed by atoms with van der Waals surface area (Å²) in [5.74, 6) is 3.86. The van der Waals surface area contributed by atoms with E-state index < -0.39 is 0 Å². The molecule has 0 bridgehead atoms. The Morgan fingerprint density at radius 3 is 2.41 bits per heavy atom.